The van der Waals surface area contributed by atoms with E-state index in [0.29, 0.717) is 6.07 Å². The molecule has 0 aliphatic carbocycles. The highest BCUT2D eigenvalue weighted by atomic mass is 32.2. The predicted molar refractivity (Wildman–Crippen MR) is 61.2 cm³/mol. The molecule has 0 fully saturated rings. The highest BCUT2D eigenvalue weighted by molar-refractivity contribution is 7.90. The molecule has 0 aromatic heterocycles. The van der Waals surface area contributed by atoms with Gasteiger partial charge in [0.15, 0.2) is 0 Å². The second-order valence-electron chi connectivity index (χ2n) is 3.60. The van der Waals surface area contributed by atoms with Gasteiger partial charge >= 0.3 is 5.69 Å². The van der Waals surface area contributed by atoms with Crippen molar-refractivity contribution in [3.63, 3.8) is 0 Å². The van der Waals surface area contributed by atoms with E-state index in [1.165, 1.54) is 0 Å². The van der Waals surface area contributed by atoms with E-state index in [9.17, 15) is 27.3 Å². The van der Waals surface area contributed by atoms with E-state index in [1.807, 2.05) is 0 Å². The summed E-state index contributed by atoms with van der Waals surface area (Å²) in [6, 6.07) is 1.13. The number of nitro benzene ring substituents is 1. The van der Waals surface area contributed by atoms with Crippen LogP contribution in [0, 0.1) is 21.7 Å². The Morgan fingerprint density at radius 1 is 1.39 bits per heavy atom. The number of nitro groups is 1. The Bertz CT molecular complexity index is 574. The maximum absolute atomic E-state index is 13.2. The molecule has 1 N–H and O–H groups in total. The van der Waals surface area contributed by atoms with E-state index < -0.39 is 32.1 Å². The first-order valence-electron chi connectivity index (χ1n) is 4.76. The molecular formula is C9H10F2N2O4S. The lowest BCUT2D eigenvalue weighted by Crippen LogP contribution is -2.15. The Balaban J connectivity index is 2.97. The van der Waals surface area contributed by atoms with Gasteiger partial charge < -0.3 is 5.32 Å². The van der Waals surface area contributed by atoms with Gasteiger partial charge in [0.2, 0.25) is 5.82 Å². The molecule has 0 bridgehead atoms. The summed E-state index contributed by atoms with van der Waals surface area (Å²) in [5.41, 5.74) is -1.30. The van der Waals surface area contributed by atoms with Crippen LogP contribution >= 0.6 is 0 Å². The quantitative estimate of drug-likeness (QED) is 0.649. The highest BCUT2D eigenvalue weighted by Gasteiger charge is 2.21. The third kappa shape index (κ3) is 3.91. The van der Waals surface area contributed by atoms with Crippen LogP contribution in [0.5, 0.6) is 0 Å². The van der Waals surface area contributed by atoms with Gasteiger partial charge in [-0.15, -0.1) is 0 Å². The summed E-state index contributed by atoms with van der Waals surface area (Å²) in [5.74, 6) is -2.61. The normalized spacial score (nSPS) is 11.3. The van der Waals surface area contributed by atoms with Crippen molar-refractivity contribution in [1.82, 2.24) is 0 Å². The maximum Gasteiger partial charge on any atom is 0.327 e. The molecule has 0 aliphatic heterocycles. The van der Waals surface area contributed by atoms with Crippen molar-refractivity contribution in [2.75, 3.05) is 23.9 Å². The van der Waals surface area contributed by atoms with Crippen LogP contribution in [0.25, 0.3) is 0 Å². The summed E-state index contributed by atoms with van der Waals surface area (Å²) >= 11 is 0. The van der Waals surface area contributed by atoms with E-state index in [-0.39, 0.29) is 18.0 Å². The summed E-state index contributed by atoms with van der Waals surface area (Å²) in [7, 11) is -3.27. The zero-order valence-corrected chi connectivity index (χ0v) is 10.1. The molecule has 0 aliphatic rings. The minimum atomic E-state index is -3.27. The molecule has 0 atom stereocenters. The lowest BCUT2D eigenvalue weighted by atomic mass is 10.2. The van der Waals surface area contributed by atoms with E-state index >= 15 is 0 Å². The molecule has 1 rings (SSSR count). The number of nitrogens with zero attached hydrogens (tertiary/aromatic N) is 1. The number of rotatable bonds is 5. The zero-order valence-electron chi connectivity index (χ0n) is 9.31. The van der Waals surface area contributed by atoms with Gasteiger partial charge in [0.25, 0.3) is 0 Å². The number of benzene rings is 1. The van der Waals surface area contributed by atoms with Crippen molar-refractivity contribution in [3.05, 3.63) is 33.9 Å². The molecule has 0 unspecified atom stereocenters. The molecule has 0 radical (unpaired) electrons. The van der Waals surface area contributed by atoms with Crippen molar-refractivity contribution >= 4 is 21.2 Å². The molecule has 1 aromatic carbocycles. The molecule has 0 heterocycles. The highest BCUT2D eigenvalue weighted by Crippen LogP contribution is 2.28. The third-order valence-corrected chi connectivity index (χ3v) is 2.94. The van der Waals surface area contributed by atoms with Crippen molar-refractivity contribution in [2.24, 2.45) is 0 Å². The van der Waals surface area contributed by atoms with Crippen molar-refractivity contribution in [1.29, 1.82) is 0 Å². The largest absolute Gasteiger partial charge is 0.378 e. The van der Waals surface area contributed by atoms with E-state index in [2.05, 4.69) is 5.32 Å². The molecule has 0 saturated carbocycles. The second kappa shape index (κ2) is 5.25. The Kier molecular flexibility index (Phi) is 4.17. The molecule has 6 nitrogen and oxygen atoms in total. The number of hydrogen-bond acceptors (Lipinski definition) is 5. The van der Waals surface area contributed by atoms with Gasteiger partial charge in [-0.25, -0.2) is 12.8 Å². The van der Waals surface area contributed by atoms with Gasteiger partial charge in [-0.1, -0.05) is 0 Å². The Morgan fingerprint density at radius 2 is 2.00 bits per heavy atom. The summed E-state index contributed by atoms with van der Waals surface area (Å²) in [5, 5.41) is 12.9. The van der Waals surface area contributed by atoms with Crippen LogP contribution < -0.4 is 5.32 Å². The third-order valence-electron chi connectivity index (χ3n) is 2.00. The maximum atomic E-state index is 13.2. The first kappa shape index (κ1) is 14.3. The molecule has 1 aromatic rings. The Morgan fingerprint density at radius 3 is 2.50 bits per heavy atom. The van der Waals surface area contributed by atoms with E-state index in [0.717, 1.165) is 12.3 Å². The Labute approximate surface area is 102 Å². The van der Waals surface area contributed by atoms with Gasteiger partial charge in [0.1, 0.15) is 21.3 Å². The topological polar surface area (TPSA) is 89.3 Å². The molecule has 100 valence electrons. The SMILES string of the molecule is CS(=O)(=O)CCNc1cc(F)cc(F)c1[N+](=O)[O-]. The smallest absolute Gasteiger partial charge is 0.327 e. The molecule has 0 amide bonds. The van der Waals surface area contributed by atoms with Gasteiger partial charge in [-0.3, -0.25) is 10.1 Å². The number of hydrogen-bond donors (Lipinski definition) is 1. The fourth-order valence-corrected chi connectivity index (χ4v) is 1.73. The van der Waals surface area contributed by atoms with Crippen LogP contribution in [0.2, 0.25) is 0 Å². The number of sulfone groups is 1. The fraction of sp³-hybridized carbons (Fsp3) is 0.333. The average molecular weight is 280 g/mol. The monoisotopic (exact) mass is 280 g/mol. The van der Waals surface area contributed by atoms with Crippen molar-refractivity contribution in [2.45, 2.75) is 0 Å². The number of nitrogens with one attached hydrogen (secondary N) is 1. The minimum absolute atomic E-state index is 0.178. The van der Waals surface area contributed by atoms with Gasteiger partial charge in [0.05, 0.1) is 10.7 Å². The van der Waals surface area contributed by atoms with Crippen LogP contribution in [0.15, 0.2) is 12.1 Å². The summed E-state index contributed by atoms with van der Waals surface area (Å²) in [4.78, 5) is 9.60. The van der Waals surface area contributed by atoms with E-state index in [1.54, 1.807) is 0 Å². The molecule has 18 heavy (non-hydrogen) atoms. The van der Waals surface area contributed by atoms with Crippen LogP contribution in [-0.4, -0.2) is 31.9 Å². The number of halogens is 2. The average Bonchev–Trinajstić information content (AvgIpc) is 2.13. The fourth-order valence-electron chi connectivity index (χ4n) is 1.26. The molecule has 9 heteroatoms. The summed E-state index contributed by atoms with van der Waals surface area (Å²) in [6.45, 7) is -0.178. The predicted octanol–water partition coefficient (Wildman–Crippen LogP) is 1.33. The van der Waals surface area contributed by atoms with Gasteiger partial charge in [-0.05, 0) is 0 Å². The summed E-state index contributed by atoms with van der Waals surface area (Å²) in [6.07, 6.45) is 0.981. The van der Waals surface area contributed by atoms with Gasteiger partial charge in [0, 0.05) is 24.9 Å². The zero-order chi connectivity index (χ0) is 13.9. The number of anilines is 1. The van der Waals surface area contributed by atoms with Crippen LogP contribution in [0.3, 0.4) is 0 Å². The van der Waals surface area contributed by atoms with Crippen LogP contribution in [0.4, 0.5) is 20.2 Å². The van der Waals surface area contributed by atoms with Crippen molar-refractivity contribution in [3.8, 4) is 0 Å². The standard InChI is InChI=1S/C9H10F2N2O4S/c1-18(16,17)3-2-12-8-5-6(10)4-7(11)9(8)13(14)15/h4-5,12H,2-3H2,1H3. The molecule has 0 saturated heterocycles. The first-order valence-corrected chi connectivity index (χ1v) is 6.82. The van der Waals surface area contributed by atoms with Gasteiger partial charge in [-0.2, -0.15) is 4.39 Å². The molecule has 0 spiro atoms. The second-order valence-corrected chi connectivity index (χ2v) is 5.86. The Hall–Kier alpha value is -1.77. The summed E-state index contributed by atoms with van der Waals surface area (Å²) < 4.78 is 47.8. The van der Waals surface area contributed by atoms with E-state index in [4.69, 9.17) is 0 Å². The van der Waals surface area contributed by atoms with Crippen LogP contribution in [0.1, 0.15) is 0 Å². The molecular weight excluding hydrogens is 270 g/mol. The first-order chi connectivity index (χ1) is 8.20. The van der Waals surface area contributed by atoms with Crippen LogP contribution in [-0.2, 0) is 9.84 Å². The lowest BCUT2D eigenvalue weighted by molar-refractivity contribution is -0.386. The lowest BCUT2D eigenvalue weighted by Gasteiger charge is -2.07. The minimum Gasteiger partial charge on any atom is -0.378 e. The van der Waals surface area contributed by atoms with Crippen molar-refractivity contribution < 1.29 is 22.1 Å².